The Balaban J connectivity index is 2.12. The second-order valence-corrected chi connectivity index (χ2v) is 6.41. The molecule has 2 aromatic carbocycles. The molecule has 11 heteroatoms. The van der Waals surface area contributed by atoms with Gasteiger partial charge >= 0.3 is 6.18 Å². The standard InChI is InChI=1S/C17H11ClF3N3O4/c18-12-5-1-3-10(7-12)15(25)23-16(26,9-14(22-23)17(19,20)21)11-4-2-6-13(8-11)24(27)28/h1-8,26H,9H2/t16-/m1/s1. The van der Waals surface area contributed by atoms with Crippen molar-refractivity contribution in [2.24, 2.45) is 5.10 Å². The molecule has 0 radical (unpaired) electrons. The number of alkyl halides is 3. The van der Waals surface area contributed by atoms with Crippen LogP contribution in [0.3, 0.4) is 0 Å². The van der Waals surface area contributed by atoms with E-state index in [0.717, 1.165) is 12.1 Å². The van der Waals surface area contributed by atoms with E-state index >= 15 is 0 Å². The van der Waals surface area contributed by atoms with E-state index < -0.39 is 40.6 Å². The number of nitro benzene ring substituents is 1. The van der Waals surface area contributed by atoms with Gasteiger partial charge in [0.05, 0.1) is 11.3 Å². The first-order valence-corrected chi connectivity index (χ1v) is 8.12. The Morgan fingerprint density at radius 2 is 1.93 bits per heavy atom. The third-order valence-electron chi connectivity index (χ3n) is 4.10. The molecule has 3 rings (SSSR count). The summed E-state index contributed by atoms with van der Waals surface area (Å²) in [6.45, 7) is 0. The first-order valence-electron chi connectivity index (χ1n) is 7.74. The second-order valence-electron chi connectivity index (χ2n) is 5.97. The van der Waals surface area contributed by atoms with E-state index in [-0.39, 0.29) is 21.2 Å². The molecule has 1 aliphatic rings. The van der Waals surface area contributed by atoms with Gasteiger partial charge < -0.3 is 5.11 Å². The van der Waals surface area contributed by atoms with Gasteiger partial charge in [0.15, 0.2) is 5.72 Å². The summed E-state index contributed by atoms with van der Waals surface area (Å²) in [5.41, 5.74) is -4.79. The highest BCUT2D eigenvalue weighted by molar-refractivity contribution is 6.31. The topological polar surface area (TPSA) is 96.0 Å². The maximum absolute atomic E-state index is 13.2. The van der Waals surface area contributed by atoms with Crippen molar-refractivity contribution in [2.75, 3.05) is 0 Å². The Morgan fingerprint density at radius 1 is 1.25 bits per heavy atom. The molecule has 1 heterocycles. The molecule has 0 spiro atoms. The summed E-state index contributed by atoms with van der Waals surface area (Å²) < 4.78 is 39.7. The van der Waals surface area contributed by atoms with Crippen molar-refractivity contribution < 1.29 is 28.0 Å². The number of rotatable bonds is 3. The lowest BCUT2D eigenvalue weighted by Crippen LogP contribution is -2.43. The maximum atomic E-state index is 13.2. The molecule has 1 N–H and O–H groups in total. The van der Waals surface area contributed by atoms with E-state index in [1.54, 1.807) is 0 Å². The summed E-state index contributed by atoms with van der Waals surface area (Å²) >= 11 is 5.82. The largest absolute Gasteiger partial charge is 0.431 e. The normalized spacial score (nSPS) is 19.5. The number of nitro groups is 1. The molecule has 0 saturated carbocycles. The summed E-state index contributed by atoms with van der Waals surface area (Å²) in [6, 6.07) is 9.75. The van der Waals surface area contributed by atoms with E-state index in [1.165, 1.54) is 36.4 Å². The van der Waals surface area contributed by atoms with Crippen molar-refractivity contribution >= 4 is 28.9 Å². The zero-order valence-electron chi connectivity index (χ0n) is 13.9. The number of carbonyl (C=O) groups excluding carboxylic acids is 1. The predicted octanol–water partition coefficient (Wildman–Crippen LogP) is 3.86. The molecule has 0 fully saturated rings. The van der Waals surface area contributed by atoms with Crippen LogP contribution in [0.15, 0.2) is 53.6 Å². The number of non-ortho nitro benzene ring substituents is 1. The average molecular weight is 414 g/mol. The van der Waals surface area contributed by atoms with Crippen molar-refractivity contribution in [1.29, 1.82) is 0 Å². The van der Waals surface area contributed by atoms with Crippen LogP contribution in [-0.2, 0) is 5.72 Å². The zero-order valence-corrected chi connectivity index (χ0v) is 14.6. The van der Waals surface area contributed by atoms with Crippen LogP contribution in [0.1, 0.15) is 22.3 Å². The number of aliphatic hydroxyl groups is 1. The number of hydrazone groups is 1. The smallest absolute Gasteiger partial charge is 0.365 e. The lowest BCUT2D eigenvalue weighted by atomic mass is 9.96. The van der Waals surface area contributed by atoms with Crippen LogP contribution in [0.2, 0.25) is 5.02 Å². The van der Waals surface area contributed by atoms with E-state index in [1.807, 2.05) is 0 Å². The third kappa shape index (κ3) is 3.56. The number of nitrogens with zero attached hydrogens (tertiary/aromatic N) is 3. The van der Waals surface area contributed by atoms with Crippen LogP contribution < -0.4 is 0 Å². The molecule has 7 nitrogen and oxygen atoms in total. The molecule has 0 aliphatic carbocycles. The zero-order chi connectivity index (χ0) is 20.7. The first kappa shape index (κ1) is 19.8. The SMILES string of the molecule is O=C(c1cccc(Cl)c1)N1N=C(C(F)(F)F)C[C@@]1(O)c1cccc([N+](=O)[O-])c1. The van der Waals surface area contributed by atoms with Crippen LogP contribution in [0, 0.1) is 10.1 Å². The van der Waals surface area contributed by atoms with Crippen LogP contribution in [-0.4, -0.2) is 32.8 Å². The van der Waals surface area contributed by atoms with E-state index in [4.69, 9.17) is 11.6 Å². The quantitative estimate of drug-likeness (QED) is 0.610. The summed E-state index contributed by atoms with van der Waals surface area (Å²) in [7, 11) is 0. The van der Waals surface area contributed by atoms with Gasteiger partial charge in [-0.05, 0) is 18.2 Å². The van der Waals surface area contributed by atoms with Crippen LogP contribution in [0.25, 0.3) is 0 Å². The second kappa shape index (κ2) is 6.88. The molecule has 28 heavy (non-hydrogen) atoms. The van der Waals surface area contributed by atoms with Gasteiger partial charge in [0, 0.05) is 28.3 Å². The minimum atomic E-state index is -4.90. The Bertz CT molecular complexity index is 996. The van der Waals surface area contributed by atoms with Gasteiger partial charge in [-0.15, -0.1) is 0 Å². The average Bonchev–Trinajstić information content (AvgIpc) is 3.00. The fourth-order valence-electron chi connectivity index (χ4n) is 2.75. The molecular weight excluding hydrogens is 403 g/mol. The molecule has 0 saturated heterocycles. The summed E-state index contributed by atoms with van der Waals surface area (Å²) in [4.78, 5) is 23.0. The number of benzene rings is 2. The van der Waals surface area contributed by atoms with Gasteiger partial charge in [0.1, 0.15) is 5.71 Å². The van der Waals surface area contributed by atoms with Crippen LogP contribution >= 0.6 is 11.6 Å². The van der Waals surface area contributed by atoms with Crippen molar-refractivity contribution in [3.05, 3.63) is 74.8 Å². The molecule has 0 unspecified atom stereocenters. The third-order valence-corrected chi connectivity index (χ3v) is 4.33. The highest BCUT2D eigenvalue weighted by atomic mass is 35.5. The number of halogens is 4. The Kier molecular flexibility index (Phi) is 4.86. The highest BCUT2D eigenvalue weighted by Crippen LogP contribution is 2.41. The van der Waals surface area contributed by atoms with Gasteiger partial charge in [-0.3, -0.25) is 14.9 Å². The molecule has 146 valence electrons. The lowest BCUT2D eigenvalue weighted by Gasteiger charge is -2.31. The Labute approximate surface area is 160 Å². The predicted molar refractivity (Wildman–Crippen MR) is 92.7 cm³/mol. The molecule has 2 aromatic rings. The van der Waals surface area contributed by atoms with Gasteiger partial charge in [-0.25, -0.2) is 0 Å². The number of carbonyl (C=O) groups is 1. The van der Waals surface area contributed by atoms with Gasteiger partial charge in [-0.2, -0.15) is 23.3 Å². The van der Waals surface area contributed by atoms with Crippen LogP contribution in [0.5, 0.6) is 0 Å². The van der Waals surface area contributed by atoms with Crippen molar-refractivity contribution in [3.8, 4) is 0 Å². The molecule has 1 amide bonds. The molecular formula is C17H11ClF3N3O4. The van der Waals surface area contributed by atoms with Crippen molar-refractivity contribution in [3.63, 3.8) is 0 Å². The Hall–Kier alpha value is -2.98. The summed E-state index contributed by atoms with van der Waals surface area (Å²) in [6.07, 6.45) is -5.98. The summed E-state index contributed by atoms with van der Waals surface area (Å²) in [5.74, 6) is -1.05. The number of amides is 1. The number of hydrogen-bond acceptors (Lipinski definition) is 5. The van der Waals surface area contributed by atoms with Crippen molar-refractivity contribution in [1.82, 2.24) is 5.01 Å². The minimum absolute atomic E-state index is 0.108. The minimum Gasteiger partial charge on any atom is -0.365 e. The first-order chi connectivity index (χ1) is 13.0. The monoisotopic (exact) mass is 413 g/mol. The maximum Gasteiger partial charge on any atom is 0.431 e. The van der Waals surface area contributed by atoms with Crippen LogP contribution in [0.4, 0.5) is 18.9 Å². The molecule has 0 aromatic heterocycles. The van der Waals surface area contributed by atoms with E-state index in [9.17, 15) is 33.2 Å². The van der Waals surface area contributed by atoms with Gasteiger partial charge in [0.25, 0.3) is 11.6 Å². The molecule has 0 bridgehead atoms. The number of hydrogen-bond donors (Lipinski definition) is 1. The van der Waals surface area contributed by atoms with E-state index in [2.05, 4.69) is 5.10 Å². The highest BCUT2D eigenvalue weighted by Gasteiger charge is 2.53. The Morgan fingerprint density at radius 3 is 2.54 bits per heavy atom. The fourth-order valence-corrected chi connectivity index (χ4v) is 2.94. The fraction of sp³-hybridized carbons (Fsp3) is 0.176. The van der Waals surface area contributed by atoms with Crippen molar-refractivity contribution in [2.45, 2.75) is 18.3 Å². The van der Waals surface area contributed by atoms with E-state index in [0.29, 0.717) is 0 Å². The lowest BCUT2D eigenvalue weighted by molar-refractivity contribution is -0.385. The summed E-state index contributed by atoms with van der Waals surface area (Å²) in [5, 5.41) is 25.7. The van der Waals surface area contributed by atoms with Gasteiger partial charge in [0.2, 0.25) is 0 Å². The van der Waals surface area contributed by atoms with Gasteiger partial charge in [-0.1, -0.05) is 29.8 Å². The molecule has 1 atom stereocenters. The molecule has 1 aliphatic heterocycles.